The van der Waals surface area contributed by atoms with Crippen molar-refractivity contribution in [1.82, 2.24) is 0 Å². The number of rotatable bonds is 4. The van der Waals surface area contributed by atoms with E-state index in [1.165, 1.54) is 0 Å². The largest absolute Gasteiger partial charge is 0.394 e. The molecule has 7 nitrogen and oxygen atoms in total. The van der Waals surface area contributed by atoms with Gasteiger partial charge in [-0.2, -0.15) is 0 Å². The summed E-state index contributed by atoms with van der Waals surface area (Å²) < 4.78 is 5.46. The molecule has 0 aromatic heterocycles. The second kappa shape index (κ2) is 7.72. The van der Waals surface area contributed by atoms with Crippen molar-refractivity contribution in [1.29, 1.82) is 0 Å². The molecule has 1 aromatic rings. The molecule has 1 aromatic carbocycles. The lowest BCUT2D eigenvalue weighted by Gasteiger charge is -2.40. The zero-order valence-electron chi connectivity index (χ0n) is 11.1. The lowest BCUT2D eigenvalue weighted by Crippen LogP contribution is -2.56. The molecule has 1 saturated heterocycles. The van der Waals surface area contributed by atoms with E-state index in [1.807, 2.05) is 0 Å². The maximum Gasteiger partial charge on any atom is 0.134 e. The summed E-state index contributed by atoms with van der Waals surface area (Å²) in [5.41, 5.74) is 7.67. The maximum atomic E-state index is 10.2. The molecule has 2 unspecified atom stereocenters. The fourth-order valence-corrected chi connectivity index (χ4v) is 3.67. The summed E-state index contributed by atoms with van der Waals surface area (Å²) in [7, 11) is 0. The smallest absolute Gasteiger partial charge is 0.134 e. The number of aliphatic hydroxyl groups excluding tert-OH is 3. The molecule has 0 saturated carbocycles. The van der Waals surface area contributed by atoms with Crippen molar-refractivity contribution in [2.24, 2.45) is 5.11 Å². The van der Waals surface area contributed by atoms with E-state index in [0.717, 1.165) is 11.8 Å². The first-order valence-corrected chi connectivity index (χ1v) is 7.90. The molecule has 1 heterocycles. The first-order chi connectivity index (χ1) is 10.5. The molecule has 22 heavy (non-hydrogen) atoms. The van der Waals surface area contributed by atoms with Crippen LogP contribution >= 0.6 is 35.0 Å². The van der Waals surface area contributed by atoms with Gasteiger partial charge in [-0.3, -0.25) is 0 Å². The van der Waals surface area contributed by atoms with Gasteiger partial charge in [0.25, 0.3) is 0 Å². The van der Waals surface area contributed by atoms with Gasteiger partial charge in [0.05, 0.1) is 23.8 Å². The summed E-state index contributed by atoms with van der Waals surface area (Å²) in [6.07, 6.45) is -3.55. The van der Waals surface area contributed by atoms with Crippen LogP contribution in [0.4, 0.5) is 0 Å². The van der Waals surface area contributed by atoms with Crippen molar-refractivity contribution in [3.63, 3.8) is 0 Å². The molecular weight excluding hydrogens is 353 g/mol. The molecule has 0 spiro atoms. The van der Waals surface area contributed by atoms with Crippen LogP contribution < -0.4 is 0 Å². The second-order valence-electron chi connectivity index (χ2n) is 4.59. The van der Waals surface area contributed by atoms with Gasteiger partial charge in [-0.25, -0.2) is 0 Å². The minimum atomic E-state index is -1.30. The average molecular weight is 366 g/mol. The SMILES string of the molecule is [N-]=[N+]=NC1[C@@H](O)C(CO)O[C@H](Sc2cc(Cl)ccc2Cl)[C@@H]1O. The first-order valence-electron chi connectivity index (χ1n) is 6.26. The highest BCUT2D eigenvalue weighted by atomic mass is 35.5. The van der Waals surface area contributed by atoms with Crippen molar-refractivity contribution < 1.29 is 20.1 Å². The van der Waals surface area contributed by atoms with E-state index in [-0.39, 0.29) is 0 Å². The number of thioether (sulfide) groups is 1. The number of nitrogens with zero attached hydrogens (tertiary/aromatic N) is 3. The van der Waals surface area contributed by atoms with Gasteiger partial charge in [-0.15, -0.1) is 0 Å². The Balaban J connectivity index is 2.25. The molecule has 120 valence electrons. The molecule has 1 aliphatic rings. The Morgan fingerprint density at radius 1 is 1.32 bits per heavy atom. The minimum absolute atomic E-state index is 0.414. The van der Waals surface area contributed by atoms with Crippen molar-refractivity contribution in [2.75, 3.05) is 6.61 Å². The molecule has 1 fully saturated rings. The third-order valence-electron chi connectivity index (χ3n) is 3.17. The third-order valence-corrected chi connectivity index (χ3v) is 5.06. The van der Waals surface area contributed by atoms with Gasteiger partial charge in [-0.1, -0.05) is 40.1 Å². The van der Waals surface area contributed by atoms with Crippen LogP contribution in [0.25, 0.3) is 10.4 Å². The normalized spacial score (nSPS) is 31.6. The van der Waals surface area contributed by atoms with Gasteiger partial charge >= 0.3 is 0 Å². The van der Waals surface area contributed by atoms with Crippen LogP contribution in [0.3, 0.4) is 0 Å². The standard InChI is InChI=1S/C12H13Cl2N3O4S/c13-5-1-2-6(14)8(3-5)22-12-11(20)9(16-17-15)10(19)7(4-18)21-12/h1-3,7,9-12,18-20H,4H2/t7?,9?,10-,11+,12+/m0/s1. The van der Waals surface area contributed by atoms with Crippen molar-refractivity contribution >= 4 is 35.0 Å². The predicted octanol–water partition coefficient (Wildman–Crippen LogP) is 2.20. The van der Waals surface area contributed by atoms with E-state index in [0.29, 0.717) is 14.9 Å². The summed E-state index contributed by atoms with van der Waals surface area (Å²) in [6.45, 7) is -0.480. The molecule has 2 rings (SSSR count). The fourth-order valence-electron chi connectivity index (χ4n) is 2.05. The van der Waals surface area contributed by atoms with Crippen molar-refractivity contribution in [2.45, 2.75) is 34.7 Å². The Kier molecular flexibility index (Phi) is 6.19. The molecule has 0 bridgehead atoms. The van der Waals surface area contributed by atoms with Gasteiger partial charge in [0.15, 0.2) is 0 Å². The number of aliphatic hydroxyl groups is 3. The summed E-state index contributed by atoms with van der Waals surface area (Å²) in [5, 5.41) is 33.7. The monoisotopic (exact) mass is 365 g/mol. The molecule has 3 N–H and O–H groups in total. The number of azide groups is 1. The van der Waals surface area contributed by atoms with Crippen LogP contribution in [0.2, 0.25) is 10.0 Å². The molecule has 10 heteroatoms. The Labute approximate surface area is 140 Å². The van der Waals surface area contributed by atoms with E-state index >= 15 is 0 Å². The van der Waals surface area contributed by atoms with Crippen molar-refractivity contribution in [3.8, 4) is 0 Å². The number of hydrogen-bond donors (Lipinski definition) is 3. The van der Waals surface area contributed by atoms with Crippen LogP contribution in [0.5, 0.6) is 0 Å². The summed E-state index contributed by atoms with van der Waals surface area (Å²) >= 11 is 13.0. The van der Waals surface area contributed by atoms with Crippen LogP contribution in [-0.4, -0.2) is 51.7 Å². The van der Waals surface area contributed by atoms with Gasteiger partial charge in [0.1, 0.15) is 17.6 Å². The Morgan fingerprint density at radius 2 is 2.05 bits per heavy atom. The highest BCUT2D eigenvalue weighted by Crippen LogP contribution is 2.38. The molecule has 0 amide bonds. The lowest BCUT2D eigenvalue weighted by atomic mass is 9.98. The van der Waals surface area contributed by atoms with Crippen molar-refractivity contribution in [3.05, 3.63) is 38.7 Å². The Hall–Kier alpha value is -0.700. The van der Waals surface area contributed by atoms with Gasteiger partial charge in [0, 0.05) is 14.8 Å². The zero-order valence-corrected chi connectivity index (χ0v) is 13.4. The van der Waals surface area contributed by atoms with E-state index in [1.54, 1.807) is 18.2 Å². The minimum Gasteiger partial charge on any atom is -0.394 e. The molecule has 1 aliphatic heterocycles. The van der Waals surface area contributed by atoms with Crippen LogP contribution in [0, 0.1) is 0 Å². The predicted molar refractivity (Wildman–Crippen MR) is 83.0 cm³/mol. The van der Waals surface area contributed by atoms with Gasteiger partial charge in [0.2, 0.25) is 0 Å². The maximum absolute atomic E-state index is 10.2. The number of halogens is 2. The summed E-state index contributed by atoms with van der Waals surface area (Å²) in [5.74, 6) is 0. The van der Waals surface area contributed by atoms with Gasteiger partial charge in [-0.05, 0) is 23.7 Å². The lowest BCUT2D eigenvalue weighted by molar-refractivity contribution is -0.159. The van der Waals surface area contributed by atoms with E-state index in [9.17, 15) is 15.3 Å². The Morgan fingerprint density at radius 3 is 2.68 bits per heavy atom. The first kappa shape index (κ1) is 17.7. The average Bonchev–Trinajstić information content (AvgIpc) is 2.50. The Bertz CT molecular complexity index is 587. The zero-order chi connectivity index (χ0) is 16.3. The number of hydrogen-bond acceptors (Lipinski definition) is 6. The van der Waals surface area contributed by atoms with Crippen LogP contribution in [0.15, 0.2) is 28.2 Å². The topological polar surface area (TPSA) is 119 Å². The van der Waals surface area contributed by atoms with Gasteiger partial charge < -0.3 is 20.1 Å². The highest BCUT2D eigenvalue weighted by molar-refractivity contribution is 8.00. The molecule has 0 radical (unpaired) electrons. The molecular formula is C12H13Cl2N3O4S. The quantitative estimate of drug-likeness (QED) is 0.429. The van der Waals surface area contributed by atoms with E-state index in [4.69, 9.17) is 33.5 Å². The highest BCUT2D eigenvalue weighted by Gasteiger charge is 2.44. The van der Waals surface area contributed by atoms with E-state index in [2.05, 4.69) is 10.0 Å². The number of benzene rings is 1. The fraction of sp³-hybridized carbons (Fsp3) is 0.500. The van der Waals surface area contributed by atoms with Crippen LogP contribution in [-0.2, 0) is 4.74 Å². The van der Waals surface area contributed by atoms with Crippen LogP contribution in [0.1, 0.15) is 0 Å². The molecule has 0 aliphatic carbocycles. The third kappa shape index (κ3) is 3.79. The number of ether oxygens (including phenoxy) is 1. The van der Waals surface area contributed by atoms with E-state index < -0.39 is 36.4 Å². The summed E-state index contributed by atoms with van der Waals surface area (Å²) in [4.78, 5) is 3.17. The molecule has 5 atom stereocenters. The summed E-state index contributed by atoms with van der Waals surface area (Å²) in [6, 6.07) is 3.69. The second-order valence-corrected chi connectivity index (χ2v) is 6.58.